The standard InChI is InChI=1S/C18H20BrNO/c1-21-18-7-6-17(19)12-16(18)13-20-10-8-14-4-2-3-5-15(14)9-11-20/h2-7,12H,8-11,13H2,1H3. The van der Waals surface area contributed by atoms with Crippen LogP contribution in [-0.2, 0) is 19.4 Å². The van der Waals surface area contributed by atoms with Gasteiger partial charge in [0, 0.05) is 29.7 Å². The van der Waals surface area contributed by atoms with Crippen molar-refractivity contribution in [2.45, 2.75) is 19.4 Å². The fourth-order valence-corrected chi connectivity index (χ4v) is 3.39. The molecule has 0 saturated heterocycles. The van der Waals surface area contributed by atoms with Gasteiger partial charge in [-0.05, 0) is 42.2 Å². The van der Waals surface area contributed by atoms with Crippen molar-refractivity contribution in [3.63, 3.8) is 0 Å². The van der Waals surface area contributed by atoms with Crippen molar-refractivity contribution in [2.24, 2.45) is 0 Å². The summed E-state index contributed by atoms with van der Waals surface area (Å²) in [5, 5.41) is 0. The topological polar surface area (TPSA) is 12.5 Å². The Morgan fingerprint density at radius 2 is 1.71 bits per heavy atom. The monoisotopic (exact) mass is 345 g/mol. The first-order chi connectivity index (χ1) is 10.3. The number of hydrogen-bond donors (Lipinski definition) is 0. The Hall–Kier alpha value is -1.32. The van der Waals surface area contributed by atoms with Crippen molar-refractivity contribution < 1.29 is 4.74 Å². The van der Waals surface area contributed by atoms with Crippen LogP contribution in [0, 0.1) is 0 Å². The minimum atomic E-state index is 0.941. The van der Waals surface area contributed by atoms with E-state index in [1.165, 1.54) is 16.7 Å². The first-order valence-electron chi connectivity index (χ1n) is 7.38. The molecule has 0 aromatic heterocycles. The summed E-state index contributed by atoms with van der Waals surface area (Å²) in [6, 6.07) is 15.0. The maximum atomic E-state index is 5.49. The SMILES string of the molecule is COc1ccc(Br)cc1CN1CCc2ccccc2CC1. The first-order valence-corrected chi connectivity index (χ1v) is 8.17. The molecule has 0 spiro atoms. The number of methoxy groups -OCH3 is 1. The van der Waals surface area contributed by atoms with Crippen molar-refractivity contribution in [1.82, 2.24) is 4.90 Å². The molecule has 2 nitrogen and oxygen atoms in total. The van der Waals surface area contributed by atoms with E-state index < -0.39 is 0 Å². The van der Waals surface area contributed by atoms with E-state index in [2.05, 4.69) is 51.2 Å². The van der Waals surface area contributed by atoms with Crippen LogP contribution >= 0.6 is 15.9 Å². The Labute approximate surface area is 134 Å². The smallest absolute Gasteiger partial charge is 0.123 e. The van der Waals surface area contributed by atoms with Gasteiger partial charge in [0.15, 0.2) is 0 Å². The van der Waals surface area contributed by atoms with Crippen molar-refractivity contribution in [1.29, 1.82) is 0 Å². The Balaban J connectivity index is 1.74. The van der Waals surface area contributed by atoms with Crippen LogP contribution in [0.3, 0.4) is 0 Å². The molecule has 0 fully saturated rings. The number of fused-ring (bicyclic) bond motifs is 1. The second kappa shape index (κ2) is 6.63. The summed E-state index contributed by atoms with van der Waals surface area (Å²) in [6.45, 7) is 3.15. The van der Waals surface area contributed by atoms with E-state index in [9.17, 15) is 0 Å². The number of ether oxygens (including phenoxy) is 1. The molecule has 1 heterocycles. The van der Waals surface area contributed by atoms with E-state index in [1.807, 2.05) is 12.1 Å². The predicted molar refractivity (Wildman–Crippen MR) is 89.8 cm³/mol. The van der Waals surface area contributed by atoms with Gasteiger partial charge in [0.2, 0.25) is 0 Å². The summed E-state index contributed by atoms with van der Waals surface area (Å²) in [4.78, 5) is 2.52. The van der Waals surface area contributed by atoms with Crippen molar-refractivity contribution in [3.05, 3.63) is 63.6 Å². The third-order valence-corrected chi connectivity index (χ3v) is 4.64. The zero-order valence-corrected chi connectivity index (χ0v) is 13.9. The quantitative estimate of drug-likeness (QED) is 0.831. The molecule has 0 atom stereocenters. The molecule has 1 aliphatic heterocycles. The lowest BCUT2D eigenvalue weighted by molar-refractivity contribution is 0.274. The van der Waals surface area contributed by atoms with Crippen LogP contribution in [0.2, 0.25) is 0 Å². The van der Waals surface area contributed by atoms with Crippen LogP contribution in [0.15, 0.2) is 46.9 Å². The van der Waals surface area contributed by atoms with Gasteiger partial charge in [-0.25, -0.2) is 0 Å². The van der Waals surface area contributed by atoms with Gasteiger partial charge in [0.05, 0.1) is 7.11 Å². The van der Waals surface area contributed by atoms with Crippen LogP contribution < -0.4 is 4.74 Å². The highest BCUT2D eigenvalue weighted by Gasteiger charge is 2.15. The van der Waals surface area contributed by atoms with E-state index in [1.54, 1.807) is 7.11 Å². The lowest BCUT2D eigenvalue weighted by Gasteiger charge is -2.21. The van der Waals surface area contributed by atoms with Crippen LogP contribution in [-0.4, -0.2) is 25.1 Å². The van der Waals surface area contributed by atoms with Crippen LogP contribution in [0.5, 0.6) is 5.75 Å². The summed E-state index contributed by atoms with van der Waals surface area (Å²) < 4.78 is 6.60. The molecule has 3 heteroatoms. The van der Waals surface area contributed by atoms with Gasteiger partial charge in [0.25, 0.3) is 0 Å². The molecule has 2 aromatic carbocycles. The summed E-state index contributed by atoms with van der Waals surface area (Å²) in [5.41, 5.74) is 4.25. The first kappa shape index (κ1) is 14.6. The second-order valence-electron chi connectivity index (χ2n) is 5.50. The van der Waals surface area contributed by atoms with Crippen LogP contribution in [0.4, 0.5) is 0 Å². The molecule has 0 aliphatic carbocycles. The van der Waals surface area contributed by atoms with Gasteiger partial charge in [-0.1, -0.05) is 40.2 Å². The Morgan fingerprint density at radius 1 is 1.05 bits per heavy atom. The highest BCUT2D eigenvalue weighted by Crippen LogP contribution is 2.25. The Morgan fingerprint density at radius 3 is 2.33 bits per heavy atom. The third-order valence-electron chi connectivity index (χ3n) is 4.15. The number of benzene rings is 2. The largest absolute Gasteiger partial charge is 0.496 e. The molecular weight excluding hydrogens is 326 g/mol. The lowest BCUT2D eigenvalue weighted by atomic mass is 10.0. The van der Waals surface area contributed by atoms with E-state index >= 15 is 0 Å². The molecule has 0 N–H and O–H groups in total. The van der Waals surface area contributed by atoms with E-state index in [0.717, 1.165) is 42.7 Å². The second-order valence-corrected chi connectivity index (χ2v) is 6.42. The molecule has 21 heavy (non-hydrogen) atoms. The summed E-state index contributed by atoms with van der Waals surface area (Å²) in [7, 11) is 1.74. The number of halogens is 1. The van der Waals surface area contributed by atoms with Crippen molar-refractivity contribution in [3.8, 4) is 5.75 Å². The fourth-order valence-electron chi connectivity index (χ4n) is 2.98. The predicted octanol–water partition coefficient (Wildman–Crippen LogP) is 4.06. The molecule has 3 rings (SSSR count). The fraction of sp³-hybridized carbons (Fsp3) is 0.333. The van der Waals surface area contributed by atoms with E-state index in [4.69, 9.17) is 4.74 Å². The highest BCUT2D eigenvalue weighted by atomic mass is 79.9. The van der Waals surface area contributed by atoms with Gasteiger partial charge in [-0.3, -0.25) is 4.90 Å². The average Bonchev–Trinajstić information content (AvgIpc) is 2.71. The van der Waals surface area contributed by atoms with E-state index in [0.29, 0.717) is 0 Å². The molecule has 0 saturated carbocycles. The molecule has 110 valence electrons. The summed E-state index contributed by atoms with van der Waals surface area (Å²) in [5.74, 6) is 0.972. The molecular formula is C18H20BrNO. The van der Waals surface area contributed by atoms with E-state index in [-0.39, 0.29) is 0 Å². The zero-order valence-electron chi connectivity index (χ0n) is 12.3. The Bertz CT molecular complexity index is 599. The minimum Gasteiger partial charge on any atom is -0.496 e. The maximum absolute atomic E-state index is 5.49. The van der Waals surface area contributed by atoms with Crippen molar-refractivity contribution in [2.75, 3.05) is 20.2 Å². The maximum Gasteiger partial charge on any atom is 0.123 e. The Kier molecular flexibility index (Phi) is 4.61. The minimum absolute atomic E-state index is 0.941. The molecule has 1 aliphatic rings. The number of nitrogens with zero attached hydrogens (tertiary/aromatic N) is 1. The zero-order chi connectivity index (χ0) is 14.7. The van der Waals surface area contributed by atoms with Gasteiger partial charge in [-0.2, -0.15) is 0 Å². The molecule has 0 radical (unpaired) electrons. The highest BCUT2D eigenvalue weighted by molar-refractivity contribution is 9.10. The summed E-state index contributed by atoms with van der Waals surface area (Å²) in [6.07, 6.45) is 2.26. The van der Waals surface area contributed by atoms with Crippen LogP contribution in [0.1, 0.15) is 16.7 Å². The number of hydrogen-bond acceptors (Lipinski definition) is 2. The molecule has 2 aromatic rings. The third kappa shape index (κ3) is 3.47. The van der Waals surface area contributed by atoms with Gasteiger partial charge in [0.1, 0.15) is 5.75 Å². The molecule has 0 unspecified atom stereocenters. The van der Waals surface area contributed by atoms with Gasteiger partial charge < -0.3 is 4.74 Å². The molecule has 0 bridgehead atoms. The number of rotatable bonds is 3. The van der Waals surface area contributed by atoms with Gasteiger partial charge >= 0.3 is 0 Å². The lowest BCUT2D eigenvalue weighted by Crippen LogP contribution is -2.26. The normalized spacial score (nSPS) is 15.3. The van der Waals surface area contributed by atoms with Crippen molar-refractivity contribution >= 4 is 15.9 Å². The summed E-state index contributed by atoms with van der Waals surface area (Å²) >= 11 is 3.55. The molecule has 0 amide bonds. The van der Waals surface area contributed by atoms with Gasteiger partial charge in [-0.15, -0.1) is 0 Å². The van der Waals surface area contributed by atoms with Crippen LogP contribution in [0.25, 0.3) is 0 Å². The average molecular weight is 346 g/mol.